The van der Waals surface area contributed by atoms with Crippen LogP contribution < -0.4 is 0 Å². The van der Waals surface area contributed by atoms with Crippen LogP contribution >= 0.6 is 0 Å². The number of carbonyl (C=O) groups excluding carboxylic acids is 1. The molecule has 1 heterocycles. The molecule has 158 valence electrons. The van der Waals surface area contributed by atoms with Crippen LogP contribution in [0.5, 0.6) is 0 Å². The van der Waals surface area contributed by atoms with Crippen LogP contribution in [-0.2, 0) is 9.53 Å². The van der Waals surface area contributed by atoms with Crippen LogP contribution in [0.15, 0.2) is 78.4 Å². The van der Waals surface area contributed by atoms with Crippen molar-refractivity contribution in [2.45, 2.75) is 51.0 Å². The predicted molar refractivity (Wildman–Crippen MR) is 122 cm³/mol. The van der Waals surface area contributed by atoms with E-state index in [-0.39, 0.29) is 23.3 Å². The van der Waals surface area contributed by atoms with Crippen molar-refractivity contribution in [3.63, 3.8) is 0 Å². The zero-order valence-electron chi connectivity index (χ0n) is 17.6. The average Bonchev–Trinajstić information content (AvgIpc) is 3.39. The monoisotopic (exact) mass is 414 g/mol. The number of carbonyl (C=O) groups is 1. The third kappa shape index (κ3) is 3.78. The first-order valence-electron chi connectivity index (χ1n) is 11.3. The average molecular weight is 415 g/mol. The second-order valence-electron chi connectivity index (χ2n) is 8.83. The summed E-state index contributed by atoms with van der Waals surface area (Å²) in [4.78, 5) is 11.8. The van der Waals surface area contributed by atoms with Crippen molar-refractivity contribution in [3.8, 4) is 0 Å². The zero-order chi connectivity index (χ0) is 21.3. The number of benzene rings is 2. The third-order valence-electron chi connectivity index (χ3n) is 6.94. The second-order valence-corrected chi connectivity index (χ2v) is 8.83. The maximum absolute atomic E-state index is 13.6. The summed E-state index contributed by atoms with van der Waals surface area (Å²) in [5.74, 6) is -0.338. The van der Waals surface area contributed by atoms with E-state index in [9.17, 15) is 9.18 Å². The molecule has 1 saturated carbocycles. The van der Waals surface area contributed by atoms with Crippen LogP contribution in [0.25, 0.3) is 11.1 Å². The van der Waals surface area contributed by atoms with Crippen LogP contribution in [0.1, 0.15) is 56.1 Å². The summed E-state index contributed by atoms with van der Waals surface area (Å²) in [5.41, 5.74) is 6.01. The van der Waals surface area contributed by atoms with Gasteiger partial charge >= 0.3 is 5.97 Å². The highest BCUT2D eigenvalue weighted by molar-refractivity contribution is 5.96. The van der Waals surface area contributed by atoms with Gasteiger partial charge in [-0.05, 0) is 77.8 Å². The molecule has 0 amide bonds. The summed E-state index contributed by atoms with van der Waals surface area (Å²) >= 11 is 0. The van der Waals surface area contributed by atoms with E-state index >= 15 is 0 Å². The van der Waals surface area contributed by atoms with Gasteiger partial charge in [-0.2, -0.15) is 0 Å². The van der Waals surface area contributed by atoms with Gasteiger partial charge in [0.2, 0.25) is 0 Å². The van der Waals surface area contributed by atoms with Crippen molar-refractivity contribution >= 4 is 17.1 Å². The maximum Gasteiger partial charge on any atom is 0.306 e. The Bertz CT molecular complexity index is 1050. The van der Waals surface area contributed by atoms with Crippen LogP contribution in [0.3, 0.4) is 0 Å². The minimum absolute atomic E-state index is 0.0414. The van der Waals surface area contributed by atoms with Crippen LogP contribution in [0, 0.1) is 11.2 Å². The van der Waals surface area contributed by atoms with Gasteiger partial charge in [-0.15, -0.1) is 0 Å². The molecule has 0 aromatic heterocycles. The van der Waals surface area contributed by atoms with Gasteiger partial charge in [0.15, 0.2) is 0 Å². The van der Waals surface area contributed by atoms with Gasteiger partial charge in [-0.3, -0.25) is 4.79 Å². The van der Waals surface area contributed by atoms with E-state index in [0.717, 1.165) is 36.8 Å². The van der Waals surface area contributed by atoms with Gasteiger partial charge in [0.05, 0.1) is 0 Å². The Kier molecular flexibility index (Phi) is 5.35. The van der Waals surface area contributed by atoms with E-state index in [1.807, 2.05) is 18.2 Å². The summed E-state index contributed by atoms with van der Waals surface area (Å²) in [6.07, 6.45) is 13.2. The number of hydrogen-bond acceptors (Lipinski definition) is 2. The van der Waals surface area contributed by atoms with Crippen LogP contribution in [0.4, 0.5) is 4.39 Å². The number of hydrogen-bond donors (Lipinski definition) is 0. The highest BCUT2D eigenvalue weighted by atomic mass is 19.1. The Morgan fingerprint density at radius 3 is 2.39 bits per heavy atom. The van der Waals surface area contributed by atoms with Crippen molar-refractivity contribution in [1.82, 2.24) is 0 Å². The molecule has 0 radical (unpaired) electrons. The first-order chi connectivity index (χ1) is 15.2. The Balaban J connectivity index is 1.62. The van der Waals surface area contributed by atoms with E-state index in [0.29, 0.717) is 6.42 Å². The fourth-order valence-corrected chi connectivity index (χ4v) is 5.45. The lowest BCUT2D eigenvalue weighted by Crippen LogP contribution is -2.22. The number of esters is 1. The summed E-state index contributed by atoms with van der Waals surface area (Å²) in [6, 6.07) is 17.4. The van der Waals surface area contributed by atoms with Gasteiger partial charge < -0.3 is 4.74 Å². The van der Waals surface area contributed by atoms with Crippen LogP contribution in [0.2, 0.25) is 0 Å². The fourth-order valence-electron chi connectivity index (χ4n) is 5.45. The quantitative estimate of drug-likeness (QED) is 0.509. The number of halogens is 1. The Morgan fingerprint density at radius 1 is 0.935 bits per heavy atom. The summed E-state index contributed by atoms with van der Waals surface area (Å²) < 4.78 is 19.2. The number of rotatable bonds is 4. The molecule has 0 N–H and O–H groups in total. The Morgan fingerprint density at radius 2 is 1.68 bits per heavy atom. The highest BCUT2D eigenvalue weighted by Crippen LogP contribution is 2.59. The van der Waals surface area contributed by atoms with E-state index < -0.39 is 0 Å². The van der Waals surface area contributed by atoms with E-state index in [2.05, 4.69) is 42.5 Å². The fraction of sp³-hybridized carbons (Fsp3) is 0.321. The lowest BCUT2D eigenvalue weighted by molar-refractivity contribution is -0.150. The minimum atomic E-state index is -0.226. The SMILES string of the molecule is O=C1CCCC(C=CC2=C(c3ccc(F)cc3)C=C(c3ccccc3)C23CCCC3)O1. The topological polar surface area (TPSA) is 26.3 Å². The largest absolute Gasteiger partial charge is 0.458 e. The minimum Gasteiger partial charge on any atom is -0.458 e. The third-order valence-corrected chi connectivity index (χ3v) is 6.94. The van der Waals surface area contributed by atoms with Gasteiger partial charge in [0.1, 0.15) is 11.9 Å². The van der Waals surface area contributed by atoms with Crippen molar-refractivity contribution in [3.05, 3.63) is 95.3 Å². The van der Waals surface area contributed by atoms with Crippen molar-refractivity contribution in [1.29, 1.82) is 0 Å². The molecule has 1 unspecified atom stereocenters. The summed E-state index contributed by atoms with van der Waals surface area (Å²) in [7, 11) is 0. The molecular weight excluding hydrogens is 387 g/mol. The molecule has 31 heavy (non-hydrogen) atoms. The molecule has 1 aliphatic heterocycles. The van der Waals surface area contributed by atoms with Crippen molar-refractivity contribution < 1.29 is 13.9 Å². The van der Waals surface area contributed by atoms with Gasteiger partial charge in [-0.25, -0.2) is 4.39 Å². The normalized spacial score (nSPS) is 22.9. The number of allylic oxidation sites excluding steroid dienone is 5. The number of ether oxygens (including phenoxy) is 1. The lowest BCUT2D eigenvalue weighted by Gasteiger charge is -2.31. The summed E-state index contributed by atoms with van der Waals surface area (Å²) in [5, 5.41) is 0. The zero-order valence-corrected chi connectivity index (χ0v) is 17.6. The summed E-state index contributed by atoms with van der Waals surface area (Å²) in [6.45, 7) is 0. The molecule has 0 bridgehead atoms. The van der Waals surface area contributed by atoms with Crippen molar-refractivity contribution in [2.24, 2.45) is 5.41 Å². The molecule has 5 rings (SSSR count). The molecule has 2 fully saturated rings. The van der Waals surface area contributed by atoms with E-state index in [1.165, 1.54) is 41.7 Å². The molecule has 1 atom stereocenters. The van der Waals surface area contributed by atoms with Gasteiger partial charge in [0, 0.05) is 11.8 Å². The van der Waals surface area contributed by atoms with E-state index in [4.69, 9.17) is 4.74 Å². The molecule has 2 aromatic rings. The van der Waals surface area contributed by atoms with Gasteiger partial charge in [0.25, 0.3) is 0 Å². The Labute approximate surface area is 183 Å². The lowest BCUT2D eigenvalue weighted by atomic mass is 9.72. The highest BCUT2D eigenvalue weighted by Gasteiger charge is 2.45. The molecule has 1 saturated heterocycles. The van der Waals surface area contributed by atoms with E-state index in [1.54, 1.807) is 0 Å². The van der Waals surface area contributed by atoms with Crippen LogP contribution in [-0.4, -0.2) is 12.1 Å². The molecule has 1 spiro atoms. The number of cyclic esters (lactones) is 1. The molecule has 2 aromatic carbocycles. The van der Waals surface area contributed by atoms with Gasteiger partial charge in [-0.1, -0.05) is 61.4 Å². The molecule has 3 heteroatoms. The second kappa shape index (κ2) is 8.30. The first-order valence-corrected chi connectivity index (χ1v) is 11.3. The van der Waals surface area contributed by atoms with Crippen molar-refractivity contribution in [2.75, 3.05) is 0 Å². The molecular formula is C28H27FO2. The molecule has 2 aliphatic carbocycles. The smallest absolute Gasteiger partial charge is 0.306 e. The first kappa shape index (κ1) is 20.0. The Hall–Kier alpha value is -2.94. The molecule has 3 aliphatic rings. The predicted octanol–water partition coefficient (Wildman–Crippen LogP) is 6.89. The molecule has 2 nitrogen and oxygen atoms in total. The maximum atomic E-state index is 13.6. The standard InChI is InChI=1S/C28H27FO2/c29-22-13-11-20(12-14-22)24-19-26(21-7-2-1-3-8-21)28(17-4-5-18-28)25(24)16-15-23-9-6-10-27(30)31-23/h1-3,7-8,11-16,19,23H,4-6,9-10,17-18H2.